The predicted octanol–water partition coefficient (Wildman–Crippen LogP) is 2.77. The van der Waals surface area contributed by atoms with Crippen LogP contribution in [0.25, 0.3) is 0 Å². The second-order valence-corrected chi connectivity index (χ2v) is 6.10. The molecule has 3 atom stereocenters. The average molecular weight is 250 g/mol. The van der Waals surface area contributed by atoms with Crippen molar-refractivity contribution >= 4 is 0 Å². The Morgan fingerprint density at radius 1 is 1.39 bits per heavy atom. The molecule has 0 radical (unpaired) electrons. The number of nitrogens with one attached hydrogen (secondary N) is 1. The maximum absolute atomic E-state index is 4.35. The first-order valence-corrected chi connectivity index (χ1v) is 7.19. The zero-order valence-corrected chi connectivity index (χ0v) is 12.1. The summed E-state index contributed by atoms with van der Waals surface area (Å²) in [5.74, 6) is 2.71. The van der Waals surface area contributed by atoms with E-state index in [1.807, 2.05) is 4.68 Å². The highest BCUT2D eigenvalue weighted by molar-refractivity contribution is 4.89. The van der Waals surface area contributed by atoms with Crippen LogP contribution < -0.4 is 5.32 Å². The molecule has 0 bridgehead atoms. The Morgan fingerprint density at radius 2 is 2.17 bits per heavy atom. The van der Waals surface area contributed by atoms with Gasteiger partial charge in [0.05, 0.1) is 6.54 Å². The van der Waals surface area contributed by atoms with Crippen molar-refractivity contribution in [1.29, 1.82) is 0 Å². The molecule has 3 unspecified atom stereocenters. The fourth-order valence-corrected chi connectivity index (χ4v) is 3.02. The lowest BCUT2D eigenvalue weighted by molar-refractivity contribution is 0.225. The smallest absolute Gasteiger partial charge is 0.141 e. The van der Waals surface area contributed by atoms with E-state index in [2.05, 4.69) is 43.1 Å². The third-order valence-electron chi connectivity index (χ3n) is 4.09. The van der Waals surface area contributed by atoms with Crippen LogP contribution in [-0.2, 0) is 6.54 Å². The van der Waals surface area contributed by atoms with Crippen LogP contribution in [-0.4, -0.2) is 20.8 Å². The van der Waals surface area contributed by atoms with E-state index in [0.717, 1.165) is 24.2 Å². The maximum Gasteiger partial charge on any atom is 0.141 e. The van der Waals surface area contributed by atoms with Crippen molar-refractivity contribution in [1.82, 2.24) is 20.1 Å². The van der Waals surface area contributed by atoms with Gasteiger partial charge in [-0.1, -0.05) is 13.8 Å². The number of hydrogen-bond acceptors (Lipinski definition) is 3. The minimum absolute atomic E-state index is 0.383. The summed E-state index contributed by atoms with van der Waals surface area (Å²) in [6.45, 7) is 9.84. The van der Waals surface area contributed by atoms with Gasteiger partial charge in [0.1, 0.15) is 12.2 Å². The summed E-state index contributed by atoms with van der Waals surface area (Å²) in [6, 6.07) is 1.02. The average Bonchev–Trinajstić information content (AvgIpc) is 2.76. The van der Waals surface area contributed by atoms with Crippen LogP contribution in [0, 0.1) is 11.8 Å². The molecule has 2 rings (SSSR count). The third kappa shape index (κ3) is 3.10. The molecule has 0 amide bonds. The molecule has 102 valence electrons. The molecular formula is C14H26N4. The van der Waals surface area contributed by atoms with Crippen LogP contribution in [0.1, 0.15) is 58.8 Å². The Kier molecular flexibility index (Phi) is 4.38. The molecule has 1 fully saturated rings. The molecule has 4 heteroatoms. The maximum atomic E-state index is 4.35. The monoisotopic (exact) mass is 250 g/mol. The van der Waals surface area contributed by atoms with Gasteiger partial charge in [-0.05, 0) is 44.9 Å². The minimum Gasteiger partial charge on any atom is -0.307 e. The molecule has 0 aromatic carbocycles. The van der Waals surface area contributed by atoms with Crippen LogP contribution in [0.15, 0.2) is 6.33 Å². The van der Waals surface area contributed by atoms with Crippen molar-refractivity contribution in [2.24, 2.45) is 11.8 Å². The molecule has 1 aliphatic rings. The Labute approximate surface area is 110 Å². The van der Waals surface area contributed by atoms with Crippen molar-refractivity contribution in [2.45, 2.75) is 65.6 Å². The molecule has 1 aromatic rings. The molecule has 1 heterocycles. The van der Waals surface area contributed by atoms with E-state index in [-0.39, 0.29) is 0 Å². The SMILES string of the molecule is CC1CCC(NCc2ncnn2C(C)C)C(C)C1. The van der Waals surface area contributed by atoms with Gasteiger partial charge in [0.2, 0.25) is 0 Å². The van der Waals surface area contributed by atoms with Crippen LogP contribution in [0.3, 0.4) is 0 Å². The van der Waals surface area contributed by atoms with Gasteiger partial charge in [-0.2, -0.15) is 5.10 Å². The molecule has 1 N–H and O–H groups in total. The first-order valence-electron chi connectivity index (χ1n) is 7.19. The molecule has 4 nitrogen and oxygen atoms in total. The summed E-state index contributed by atoms with van der Waals surface area (Å²) >= 11 is 0. The topological polar surface area (TPSA) is 42.7 Å². The summed E-state index contributed by atoms with van der Waals surface area (Å²) in [5.41, 5.74) is 0. The van der Waals surface area contributed by atoms with E-state index < -0.39 is 0 Å². The zero-order chi connectivity index (χ0) is 13.1. The van der Waals surface area contributed by atoms with Crippen molar-refractivity contribution in [2.75, 3.05) is 0 Å². The third-order valence-corrected chi connectivity index (χ3v) is 4.09. The molecule has 1 aliphatic carbocycles. The summed E-state index contributed by atoms with van der Waals surface area (Å²) in [4.78, 5) is 4.35. The summed E-state index contributed by atoms with van der Waals surface area (Å²) < 4.78 is 2.00. The second kappa shape index (κ2) is 5.83. The lowest BCUT2D eigenvalue weighted by atomic mass is 9.80. The van der Waals surface area contributed by atoms with Crippen LogP contribution in [0.2, 0.25) is 0 Å². The molecular weight excluding hydrogens is 224 g/mol. The van der Waals surface area contributed by atoms with Gasteiger partial charge in [0.25, 0.3) is 0 Å². The first-order chi connectivity index (χ1) is 8.58. The van der Waals surface area contributed by atoms with Crippen LogP contribution in [0.4, 0.5) is 0 Å². The lowest BCUT2D eigenvalue weighted by Gasteiger charge is -2.33. The van der Waals surface area contributed by atoms with Gasteiger partial charge in [-0.15, -0.1) is 0 Å². The van der Waals surface area contributed by atoms with E-state index in [1.165, 1.54) is 19.3 Å². The Morgan fingerprint density at radius 3 is 2.83 bits per heavy atom. The van der Waals surface area contributed by atoms with Gasteiger partial charge >= 0.3 is 0 Å². The summed E-state index contributed by atoms with van der Waals surface area (Å²) in [6.07, 6.45) is 5.63. The van der Waals surface area contributed by atoms with E-state index in [0.29, 0.717) is 12.1 Å². The quantitative estimate of drug-likeness (QED) is 0.893. The Bertz CT molecular complexity index is 372. The fourth-order valence-electron chi connectivity index (χ4n) is 3.02. The van der Waals surface area contributed by atoms with E-state index in [9.17, 15) is 0 Å². The molecule has 0 spiro atoms. The number of hydrogen-bond donors (Lipinski definition) is 1. The van der Waals surface area contributed by atoms with Gasteiger partial charge in [-0.3, -0.25) is 0 Å². The van der Waals surface area contributed by atoms with Gasteiger partial charge in [0, 0.05) is 12.1 Å². The largest absolute Gasteiger partial charge is 0.307 e. The highest BCUT2D eigenvalue weighted by Gasteiger charge is 2.25. The fraction of sp³-hybridized carbons (Fsp3) is 0.857. The Balaban J connectivity index is 1.89. The number of aromatic nitrogens is 3. The molecule has 18 heavy (non-hydrogen) atoms. The number of rotatable bonds is 4. The molecule has 1 saturated carbocycles. The first kappa shape index (κ1) is 13.5. The summed E-state index contributed by atoms with van der Waals surface area (Å²) in [7, 11) is 0. The normalized spacial score (nSPS) is 28.8. The highest BCUT2D eigenvalue weighted by Crippen LogP contribution is 2.28. The van der Waals surface area contributed by atoms with Gasteiger partial charge < -0.3 is 5.32 Å². The van der Waals surface area contributed by atoms with Crippen molar-refractivity contribution in [3.05, 3.63) is 12.2 Å². The molecule has 1 aromatic heterocycles. The van der Waals surface area contributed by atoms with Crippen molar-refractivity contribution in [3.8, 4) is 0 Å². The van der Waals surface area contributed by atoms with Crippen molar-refractivity contribution < 1.29 is 0 Å². The minimum atomic E-state index is 0.383. The highest BCUT2D eigenvalue weighted by atomic mass is 15.4. The zero-order valence-electron chi connectivity index (χ0n) is 12.1. The Hall–Kier alpha value is -0.900. The van der Waals surface area contributed by atoms with Gasteiger partial charge in [0.15, 0.2) is 0 Å². The molecule has 0 saturated heterocycles. The standard InChI is InChI=1S/C14H26N4/c1-10(2)18-14(16-9-17-18)8-15-13-6-5-11(3)7-12(13)4/h9-13,15H,5-8H2,1-4H3. The second-order valence-electron chi connectivity index (χ2n) is 6.10. The molecule has 0 aliphatic heterocycles. The lowest BCUT2D eigenvalue weighted by Crippen LogP contribution is -2.39. The summed E-state index contributed by atoms with van der Waals surface area (Å²) in [5, 5.41) is 7.94. The van der Waals surface area contributed by atoms with Crippen molar-refractivity contribution in [3.63, 3.8) is 0 Å². The van der Waals surface area contributed by atoms with Crippen LogP contribution >= 0.6 is 0 Å². The van der Waals surface area contributed by atoms with Crippen LogP contribution in [0.5, 0.6) is 0 Å². The number of nitrogens with zero attached hydrogens (tertiary/aromatic N) is 3. The van der Waals surface area contributed by atoms with E-state index >= 15 is 0 Å². The predicted molar refractivity (Wildman–Crippen MR) is 73.2 cm³/mol. The van der Waals surface area contributed by atoms with Gasteiger partial charge in [-0.25, -0.2) is 9.67 Å². The van der Waals surface area contributed by atoms with E-state index in [1.54, 1.807) is 6.33 Å². The van der Waals surface area contributed by atoms with E-state index in [4.69, 9.17) is 0 Å².